The number of benzene rings is 1. The lowest BCUT2D eigenvalue weighted by Crippen LogP contribution is -2.17. The van der Waals surface area contributed by atoms with Crippen molar-refractivity contribution in [3.05, 3.63) is 42.4 Å². The third-order valence-corrected chi connectivity index (χ3v) is 3.38. The number of rotatable bonds is 1. The van der Waals surface area contributed by atoms with Crippen molar-refractivity contribution in [2.75, 3.05) is 5.73 Å². The summed E-state index contributed by atoms with van der Waals surface area (Å²) in [5.41, 5.74) is 7.37. The molecule has 1 aromatic carbocycles. The van der Waals surface area contributed by atoms with Crippen LogP contribution in [-0.4, -0.2) is 25.7 Å². The molecule has 3 aromatic rings. The molecule has 0 aliphatic heterocycles. The number of nitrogens with two attached hydrogens (primary N) is 1. The summed E-state index contributed by atoms with van der Waals surface area (Å²) in [6.45, 7) is 1.03. The van der Waals surface area contributed by atoms with Gasteiger partial charge in [0.15, 0.2) is 0 Å². The Morgan fingerprint density at radius 3 is 2.71 bits per heavy atom. The Bertz CT molecular complexity index is 949. The van der Waals surface area contributed by atoms with Gasteiger partial charge in [0.05, 0.1) is 11.0 Å². The molecule has 0 radical (unpaired) electrons. The molecule has 3 rings (SSSR count). The minimum Gasteiger partial charge on any atom is -0.368 e. The van der Waals surface area contributed by atoms with Crippen LogP contribution in [0, 0.1) is 17.8 Å². The molecule has 0 fully saturated rings. The van der Waals surface area contributed by atoms with Gasteiger partial charge in [0.1, 0.15) is 18.1 Å². The van der Waals surface area contributed by atoms with Crippen molar-refractivity contribution in [2.24, 2.45) is 5.92 Å². The van der Waals surface area contributed by atoms with E-state index in [-0.39, 0.29) is 5.95 Å². The van der Waals surface area contributed by atoms with Gasteiger partial charge in [-0.1, -0.05) is 11.8 Å². The minimum atomic E-state index is -4.34. The van der Waals surface area contributed by atoms with Crippen LogP contribution in [0.4, 0.5) is 19.1 Å². The third kappa shape index (κ3) is 3.15. The van der Waals surface area contributed by atoms with Gasteiger partial charge in [-0.3, -0.25) is 4.57 Å². The van der Waals surface area contributed by atoms with Crippen molar-refractivity contribution < 1.29 is 13.2 Å². The molecular formula is C16H12F3N5. The van der Waals surface area contributed by atoms with Gasteiger partial charge >= 0.3 is 6.18 Å². The summed E-state index contributed by atoms with van der Waals surface area (Å²) in [5, 5.41) is 0. The van der Waals surface area contributed by atoms with Crippen molar-refractivity contribution in [2.45, 2.75) is 13.1 Å². The van der Waals surface area contributed by atoms with Crippen LogP contribution < -0.4 is 5.73 Å². The second-order valence-electron chi connectivity index (χ2n) is 5.12. The third-order valence-electron chi connectivity index (χ3n) is 3.38. The number of halogens is 3. The van der Waals surface area contributed by atoms with Gasteiger partial charge in [-0.2, -0.15) is 18.2 Å². The van der Waals surface area contributed by atoms with Gasteiger partial charge in [-0.05, 0) is 31.2 Å². The quantitative estimate of drug-likeness (QED) is 0.696. The molecule has 5 nitrogen and oxygen atoms in total. The highest BCUT2D eigenvalue weighted by molar-refractivity contribution is 5.78. The van der Waals surface area contributed by atoms with Gasteiger partial charge in [0, 0.05) is 11.8 Å². The van der Waals surface area contributed by atoms with E-state index in [1.165, 1.54) is 6.20 Å². The molecule has 0 amide bonds. The van der Waals surface area contributed by atoms with E-state index in [1.807, 2.05) is 0 Å². The van der Waals surface area contributed by atoms with Crippen molar-refractivity contribution in [1.29, 1.82) is 0 Å². The summed E-state index contributed by atoms with van der Waals surface area (Å²) in [6, 6.07) is 6.64. The molecule has 0 saturated heterocycles. The number of nitrogen functional groups attached to an aromatic ring is 1. The van der Waals surface area contributed by atoms with Gasteiger partial charge in [0.25, 0.3) is 0 Å². The molecule has 0 bridgehead atoms. The van der Waals surface area contributed by atoms with Crippen LogP contribution in [0.2, 0.25) is 0 Å². The molecular weight excluding hydrogens is 319 g/mol. The van der Waals surface area contributed by atoms with Gasteiger partial charge < -0.3 is 5.73 Å². The average molecular weight is 331 g/mol. The van der Waals surface area contributed by atoms with E-state index >= 15 is 0 Å². The Morgan fingerprint density at radius 1 is 1.21 bits per heavy atom. The van der Waals surface area contributed by atoms with Crippen LogP contribution in [0.25, 0.3) is 16.9 Å². The summed E-state index contributed by atoms with van der Waals surface area (Å²) in [5.74, 6) is 3.70. The fourth-order valence-electron chi connectivity index (χ4n) is 2.04. The van der Waals surface area contributed by atoms with Crippen molar-refractivity contribution in [1.82, 2.24) is 19.5 Å². The zero-order valence-electron chi connectivity index (χ0n) is 12.5. The molecule has 0 saturated carbocycles. The lowest BCUT2D eigenvalue weighted by molar-refractivity contribution is -0.153. The maximum absolute atomic E-state index is 12.5. The number of imidazole rings is 1. The molecule has 2 heterocycles. The first-order chi connectivity index (χ1) is 11.3. The number of hydrogen-bond donors (Lipinski definition) is 1. The second-order valence-corrected chi connectivity index (χ2v) is 5.12. The number of aromatic nitrogens is 4. The van der Waals surface area contributed by atoms with Crippen molar-refractivity contribution >= 4 is 17.0 Å². The Kier molecular flexibility index (Phi) is 3.85. The molecule has 8 heteroatoms. The van der Waals surface area contributed by atoms with E-state index in [1.54, 1.807) is 35.2 Å². The fourth-order valence-corrected chi connectivity index (χ4v) is 2.04. The first-order valence-corrected chi connectivity index (χ1v) is 6.99. The Hall–Kier alpha value is -3.08. The summed E-state index contributed by atoms with van der Waals surface area (Å²) in [6.07, 6.45) is -1.27. The topological polar surface area (TPSA) is 69.6 Å². The summed E-state index contributed by atoms with van der Waals surface area (Å²) in [7, 11) is 0. The van der Waals surface area contributed by atoms with E-state index in [0.717, 1.165) is 6.92 Å². The van der Waals surface area contributed by atoms with Crippen LogP contribution in [-0.2, 0) is 0 Å². The van der Waals surface area contributed by atoms with Gasteiger partial charge in [-0.25, -0.2) is 9.97 Å². The van der Waals surface area contributed by atoms with E-state index in [0.29, 0.717) is 22.4 Å². The second kappa shape index (κ2) is 5.85. The molecule has 0 aliphatic rings. The summed E-state index contributed by atoms with van der Waals surface area (Å²) >= 11 is 0. The standard InChI is InChI=1S/C16H12F3N5/c1-10(16(17,18)19)2-3-11-4-5-12-13(8-11)24(9-22-12)14-6-7-21-15(20)23-14/h4-10H,1H3,(H2,20,21,23). The fraction of sp³-hybridized carbons (Fsp3) is 0.188. The Morgan fingerprint density at radius 2 is 2.00 bits per heavy atom. The molecule has 2 N–H and O–H groups in total. The van der Waals surface area contributed by atoms with E-state index < -0.39 is 12.1 Å². The maximum Gasteiger partial charge on any atom is 0.402 e. The zero-order chi connectivity index (χ0) is 17.3. The first kappa shape index (κ1) is 15.8. The predicted molar refractivity (Wildman–Crippen MR) is 83.2 cm³/mol. The number of anilines is 1. The van der Waals surface area contributed by atoms with Gasteiger partial charge in [-0.15, -0.1) is 0 Å². The normalized spacial score (nSPS) is 12.7. The van der Waals surface area contributed by atoms with Gasteiger partial charge in [0.2, 0.25) is 5.95 Å². The molecule has 0 spiro atoms. The number of nitrogens with zero attached hydrogens (tertiary/aromatic N) is 4. The molecule has 24 heavy (non-hydrogen) atoms. The molecule has 1 atom stereocenters. The maximum atomic E-state index is 12.5. The number of alkyl halides is 3. The summed E-state index contributed by atoms with van der Waals surface area (Å²) in [4.78, 5) is 12.2. The molecule has 1 unspecified atom stereocenters. The lowest BCUT2D eigenvalue weighted by atomic mass is 10.1. The lowest BCUT2D eigenvalue weighted by Gasteiger charge is -2.08. The van der Waals surface area contributed by atoms with Crippen LogP contribution >= 0.6 is 0 Å². The predicted octanol–water partition coefficient (Wildman–Crippen LogP) is 2.95. The van der Waals surface area contributed by atoms with Crippen molar-refractivity contribution in [3.8, 4) is 17.7 Å². The highest BCUT2D eigenvalue weighted by atomic mass is 19.4. The monoisotopic (exact) mass is 331 g/mol. The molecule has 0 aliphatic carbocycles. The Labute approximate surface area is 135 Å². The van der Waals surface area contributed by atoms with Crippen LogP contribution in [0.5, 0.6) is 0 Å². The molecule has 2 aromatic heterocycles. The summed E-state index contributed by atoms with van der Waals surface area (Å²) < 4.78 is 39.3. The molecule has 122 valence electrons. The highest BCUT2D eigenvalue weighted by Gasteiger charge is 2.34. The highest BCUT2D eigenvalue weighted by Crippen LogP contribution is 2.25. The minimum absolute atomic E-state index is 0.115. The van der Waals surface area contributed by atoms with E-state index in [2.05, 4.69) is 26.8 Å². The van der Waals surface area contributed by atoms with Crippen molar-refractivity contribution in [3.63, 3.8) is 0 Å². The smallest absolute Gasteiger partial charge is 0.368 e. The first-order valence-electron chi connectivity index (χ1n) is 6.99. The van der Waals surface area contributed by atoms with Crippen LogP contribution in [0.1, 0.15) is 12.5 Å². The zero-order valence-corrected chi connectivity index (χ0v) is 12.5. The number of fused-ring (bicyclic) bond motifs is 1. The SMILES string of the molecule is CC(C#Cc1ccc2ncn(-c3ccnc(N)n3)c2c1)C(F)(F)F. The van der Waals surface area contributed by atoms with Crippen LogP contribution in [0.3, 0.4) is 0 Å². The Balaban J connectivity index is 2.02. The van der Waals surface area contributed by atoms with E-state index in [4.69, 9.17) is 5.73 Å². The number of hydrogen-bond acceptors (Lipinski definition) is 4. The van der Waals surface area contributed by atoms with E-state index in [9.17, 15) is 13.2 Å². The largest absolute Gasteiger partial charge is 0.402 e. The average Bonchev–Trinajstić information content (AvgIpc) is 2.94. The van der Waals surface area contributed by atoms with Crippen LogP contribution in [0.15, 0.2) is 36.8 Å².